The van der Waals surface area contributed by atoms with Crippen molar-refractivity contribution in [3.05, 3.63) is 149 Å². The Morgan fingerprint density at radius 3 is 1.51 bits per heavy atom. The Hall–Kier alpha value is -7.13. The van der Waals surface area contributed by atoms with Crippen LogP contribution in [0.5, 0.6) is 0 Å². The number of esters is 4. The number of ether oxygens (including phenoxy) is 4. The zero-order valence-electron chi connectivity index (χ0n) is 35.8. The molecule has 2 unspecified atom stereocenters. The second-order valence-corrected chi connectivity index (χ2v) is 17.7. The zero-order valence-corrected chi connectivity index (χ0v) is 36.6. The number of benzene rings is 4. The van der Waals surface area contributed by atoms with Gasteiger partial charge in [-0.25, -0.2) is 19.2 Å². The molecule has 4 aromatic carbocycles. The highest BCUT2D eigenvalue weighted by atomic mass is 32.2. The number of hydrogen-bond acceptors (Lipinski definition) is 13. The van der Waals surface area contributed by atoms with Crippen LogP contribution in [0.2, 0.25) is 0 Å². The standard InChI is InChI=1S/C50H46N2O12S/c1-5-35(53)26-61-47(59)39-17-15-37(20-41(39)43(55)51-4)65-38-16-18-40(48(60)62-27-36(54)6-2)42(21-38)44(56)52-34-13-11-33(12-14-34)46(58)64-50-24-30-19-31(25-50)23-49(22-30,28-50)63-45(57)32-9-7-29(3)8-10-32/h5-18,20-21,30-31H,1-2,19,22-28H2,3-4H3,(H,51,55)(H,52,56). The van der Waals surface area contributed by atoms with Crippen LogP contribution in [0.1, 0.15) is 106 Å². The Morgan fingerprint density at radius 2 is 1.06 bits per heavy atom. The third kappa shape index (κ3) is 10.6. The predicted molar refractivity (Wildman–Crippen MR) is 238 cm³/mol. The smallest absolute Gasteiger partial charge is 0.339 e. The van der Waals surface area contributed by atoms with Crippen LogP contribution >= 0.6 is 11.8 Å². The van der Waals surface area contributed by atoms with Gasteiger partial charge in [-0.3, -0.25) is 19.2 Å². The quantitative estimate of drug-likeness (QED) is 0.0595. The van der Waals surface area contributed by atoms with Crippen molar-refractivity contribution >= 4 is 64.7 Å². The third-order valence-electron chi connectivity index (χ3n) is 11.8. The predicted octanol–water partition coefficient (Wildman–Crippen LogP) is 7.69. The van der Waals surface area contributed by atoms with E-state index in [4.69, 9.17) is 18.9 Å². The number of amides is 2. The van der Waals surface area contributed by atoms with Gasteiger partial charge in [0.25, 0.3) is 11.8 Å². The molecule has 0 radical (unpaired) electrons. The summed E-state index contributed by atoms with van der Waals surface area (Å²) >= 11 is 1.11. The fourth-order valence-corrected chi connectivity index (χ4v) is 10.0. The summed E-state index contributed by atoms with van der Waals surface area (Å²) in [7, 11) is 1.39. The largest absolute Gasteiger partial charge is 0.455 e. The Morgan fingerprint density at radius 1 is 0.615 bits per heavy atom. The lowest BCUT2D eigenvalue weighted by atomic mass is 9.52. The van der Waals surface area contributed by atoms with Crippen molar-refractivity contribution in [2.24, 2.45) is 11.8 Å². The van der Waals surface area contributed by atoms with Gasteiger partial charge in [-0.05, 0) is 136 Å². The van der Waals surface area contributed by atoms with Crippen LogP contribution in [0.3, 0.4) is 0 Å². The van der Waals surface area contributed by atoms with E-state index in [0.29, 0.717) is 34.6 Å². The summed E-state index contributed by atoms with van der Waals surface area (Å²) < 4.78 is 22.8. The van der Waals surface area contributed by atoms with Gasteiger partial charge in [-0.2, -0.15) is 0 Å². The Balaban J connectivity index is 1.07. The van der Waals surface area contributed by atoms with Crippen LogP contribution < -0.4 is 10.6 Å². The van der Waals surface area contributed by atoms with Crippen molar-refractivity contribution in [3.8, 4) is 0 Å². The highest BCUT2D eigenvalue weighted by Crippen LogP contribution is 2.60. The lowest BCUT2D eigenvalue weighted by Crippen LogP contribution is -2.61. The topological polar surface area (TPSA) is 198 Å². The molecule has 4 bridgehead atoms. The van der Waals surface area contributed by atoms with E-state index in [1.165, 1.54) is 61.6 Å². The van der Waals surface area contributed by atoms with Gasteiger partial charge in [0.2, 0.25) is 0 Å². The SMILES string of the molecule is C=CC(=O)COC(=O)c1ccc(Sc2ccc(C(=O)OCC(=O)C=C)c(C(=O)Nc3ccc(C(=O)OC45CC6CC(CC(OC(=O)c7ccc(C)cc7)(C6)C4)C5)cc3)c2)cc1C(=O)NC. The van der Waals surface area contributed by atoms with Gasteiger partial charge >= 0.3 is 23.9 Å². The molecule has 0 saturated heterocycles. The summed E-state index contributed by atoms with van der Waals surface area (Å²) in [5, 5.41) is 5.23. The van der Waals surface area contributed by atoms with E-state index >= 15 is 0 Å². The van der Waals surface area contributed by atoms with E-state index in [0.717, 1.165) is 48.7 Å². The molecule has 2 amide bonds. The molecular weight excluding hydrogens is 853 g/mol. The molecule has 15 heteroatoms. The molecule has 2 N–H and O–H groups in total. The highest BCUT2D eigenvalue weighted by molar-refractivity contribution is 7.99. The molecule has 4 aliphatic carbocycles. The average molecular weight is 899 g/mol. The molecule has 2 atom stereocenters. The number of ketones is 2. The summed E-state index contributed by atoms with van der Waals surface area (Å²) in [6, 6.07) is 22.0. The maximum absolute atomic E-state index is 13.9. The zero-order chi connectivity index (χ0) is 46.5. The fraction of sp³-hybridized carbons (Fsp3) is 0.280. The molecule has 0 heterocycles. The van der Waals surface area contributed by atoms with Gasteiger partial charge in [-0.15, -0.1) is 0 Å². The highest BCUT2D eigenvalue weighted by Gasteiger charge is 2.61. The maximum Gasteiger partial charge on any atom is 0.339 e. The summed E-state index contributed by atoms with van der Waals surface area (Å²) in [6.45, 7) is 7.52. The summed E-state index contributed by atoms with van der Waals surface area (Å²) in [5.41, 5.74) is 0.163. The monoisotopic (exact) mass is 898 g/mol. The molecule has 334 valence electrons. The summed E-state index contributed by atoms with van der Waals surface area (Å²) in [5.74, 6) is -4.65. The molecule has 0 spiro atoms. The van der Waals surface area contributed by atoms with Gasteiger partial charge in [-0.1, -0.05) is 42.6 Å². The Labute approximate surface area is 379 Å². The van der Waals surface area contributed by atoms with Crippen LogP contribution in [0.4, 0.5) is 5.69 Å². The van der Waals surface area contributed by atoms with E-state index in [1.54, 1.807) is 18.2 Å². The fourth-order valence-electron chi connectivity index (χ4n) is 9.15. The van der Waals surface area contributed by atoms with Crippen molar-refractivity contribution in [2.45, 2.75) is 66.4 Å². The number of aryl methyl sites for hydroxylation is 1. The maximum atomic E-state index is 13.9. The number of carbonyl (C=O) groups excluding carboxylic acids is 8. The molecule has 4 aliphatic rings. The molecule has 0 aromatic heterocycles. The van der Waals surface area contributed by atoms with Crippen LogP contribution in [-0.2, 0) is 28.5 Å². The van der Waals surface area contributed by atoms with Gasteiger partial charge in [0.15, 0.2) is 24.8 Å². The minimum Gasteiger partial charge on any atom is -0.455 e. The van der Waals surface area contributed by atoms with E-state index in [1.807, 2.05) is 19.1 Å². The number of rotatable bonds is 17. The summed E-state index contributed by atoms with van der Waals surface area (Å²) in [6.07, 6.45) is 6.26. The first-order valence-corrected chi connectivity index (χ1v) is 21.7. The van der Waals surface area contributed by atoms with Crippen molar-refractivity contribution in [1.29, 1.82) is 0 Å². The van der Waals surface area contributed by atoms with Crippen LogP contribution in [0.25, 0.3) is 0 Å². The van der Waals surface area contributed by atoms with Gasteiger partial charge < -0.3 is 29.6 Å². The molecule has 4 fully saturated rings. The van der Waals surface area contributed by atoms with E-state index < -0.39 is 65.7 Å². The Bertz CT molecular complexity index is 2600. The first-order chi connectivity index (χ1) is 31.1. The lowest BCUT2D eigenvalue weighted by molar-refractivity contribution is -0.200. The van der Waals surface area contributed by atoms with Gasteiger partial charge in [0.1, 0.15) is 11.2 Å². The van der Waals surface area contributed by atoms with Crippen LogP contribution in [-0.4, -0.2) is 78.7 Å². The number of nitrogens with one attached hydrogen (secondary N) is 2. The molecule has 14 nitrogen and oxygen atoms in total. The van der Waals surface area contributed by atoms with Crippen molar-refractivity contribution in [1.82, 2.24) is 5.32 Å². The minimum absolute atomic E-state index is 0.0350. The molecule has 4 aromatic rings. The lowest BCUT2D eigenvalue weighted by Gasteiger charge is -2.60. The average Bonchev–Trinajstić information content (AvgIpc) is 3.28. The van der Waals surface area contributed by atoms with Crippen LogP contribution in [0.15, 0.2) is 120 Å². The van der Waals surface area contributed by atoms with E-state index in [2.05, 4.69) is 23.8 Å². The first kappa shape index (κ1) is 45.9. The van der Waals surface area contributed by atoms with Gasteiger partial charge in [0.05, 0.1) is 33.4 Å². The number of anilines is 1. The minimum atomic E-state index is -0.948. The molecule has 65 heavy (non-hydrogen) atoms. The van der Waals surface area contributed by atoms with Crippen molar-refractivity contribution < 1.29 is 57.3 Å². The second kappa shape index (κ2) is 19.3. The normalized spacial score (nSPS) is 20.1. The van der Waals surface area contributed by atoms with Crippen molar-refractivity contribution in [2.75, 3.05) is 25.6 Å². The number of carbonyl (C=O) groups is 8. The second-order valence-electron chi connectivity index (χ2n) is 16.6. The van der Waals surface area contributed by atoms with E-state index in [9.17, 15) is 38.4 Å². The molecule has 8 rings (SSSR count). The Kier molecular flexibility index (Phi) is 13.6. The van der Waals surface area contributed by atoms with E-state index in [-0.39, 0.29) is 51.3 Å². The molecule has 0 aliphatic heterocycles. The number of hydrogen-bond donors (Lipinski definition) is 2. The van der Waals surface area contributed by atoms with Crippen molar-refractivity contribution in [3.63, 3.8) is 0 Å². The molecular formula is C50H46N2O12S. The summed E-state index contributed by atoms with van der Waals surface area (Å²) in [4.78, 5) is 104. The van der Waals surface area contributed by atoms with Gasteiger partial charge in [0, 0.05) is 28.9 Å². The first-order valence-electron chi connectivity index (χ1n) is 20.9. The van der Waals surface area contributed by atoms with Crippen LogP contribution in [0, 0.1) is 18.8 Å². The molecule has 4 saturated carbocycles. The third-order valence-corrected chi connectivity index (χ3v) is 12.7.